The summed E-state index contributed by atoms with van der Waals surface area (Å²) in [6.45, 7) is 1.83. The predicted octanol–water partition coefficient (Wildman–Crippen LogP) is 3.15. The van der Waals surface area contributed by atoms with Crippen LogP contribution >= 0.6 is 11.6 Å². The van der Waals surface area contributed by atoms with E-state index in [0.717, 1.165) is 0 Å². The number of hydrogen-bond donors (Lipinski definition) is 3. The van der Waals surface area contributed by atoms with Gasteiger partial charge in [-0.2, -0.15) is 4.72 Å². The lowest BCUT2D eigenvalue weighted by Gasteiger charge is -2.19. The monoisotopic (exact) mass is 548 g/mol. The van der Waals surface area contributed by atoms with Gasteiger partial charge < -0.3 is 14.6 Å². The number of imide groups is 1. The van der Waals surface area contributed by atoms with Gasteiger partial charge in [0, 0.05) is 16.3 Å². The Hall–Kier alpha value is -3.67. The van der Waals surface area contributed by atoms with Crippen molar-refractivity contribution in [3.05, 3.63) is 64.7 Å². The van der Waals surface area contributed by atoms with Gasteiger partial charge in [0.2, 0.25) is 15.9 Å². The lowest BCUT2D eigenvalue weighted by atomic mass is 10.0. The van der Waals surface area contributed by atoms with Crippen LogP contribution in [0.15, 0.2) is 53.4 Å². The van der Waals surface area contributed by atoms with E-state index in [2.05, 4.69) is 10.0 Å². The van der Waals surface area contributed by atoms with Crippen LogP contribution in [0.25, 0.3) is 10.8 Å². The van der Waals surface area contributed by atoms with Crippen LogP contribution in [-0.2, 0) is 26.0 Å². The fourth-order valence-corrected chi connectivity index (χ4v) is 5.56. The number of carboxylic acid groups (broad SMARTS) is 1. The molecule has 3 aromatic rings. The van der Waals surface area contributed by atoms with Crippen LogP contribution in [0.2, 0.25) is 5.02 Å². The molecule has 0 spiro atoms. The van der Waals surface area contributed by atoms with E-state index in [0.29, 0.717) is 17.4 Å². The number of aliphatic carboxylic acids is 1. The summed E-state index contributed by atoms with van der Waals surface area (Å²) in [5.41, 5.74) is 0.889. The Morgan fingerprint density at radius 3 is 2.35 bits per heavy atom. The highest BCUT2D eigenvalue weighted by atomic mass is 35.5. The first-order valence-corrected chi connectivity index (χ1v) is 12.9. The van der Waals surface area contributed by atoms with E-state index < -0.39 is 40.3 Å². The number of ether oxygens (including phenoxy) is 2. The second kappa shape index (κ2) is 11.6. The number of halogens is 1. The van der Waals surface area contributed by atoms with Crippen molar-refractivity contribution in [2.24, 2.45) is 0 Å². The first-order chi connectivity index (χ1) is 17.5. The summed E-state index contributed by atoms with van der Waals surface area (Å²) in [7, 11) is -1.75. The summed E-state index contributed by atoms with van der Waals surface area (Å²) >= 11 is 6.41. The molecule has 0 aliphatic heterocycles. The fourth-order valence-electron chi connectivity index (χ4n) is 3.82. The van der Waals surface area contributed by atoms with E-state index in [-0.39, 0.29) is 32.4 Å². The van der Waals surface area contributed by atoms with Gasteiger partial charge in [-0.1, -0.05) is 48.9 Å². The number of nitrogens with one attached hydrogen (secondary N) is 2. The minimum Gasteiger partial charge on any atom is -0.493 e. The van der Waals surface area contributed by atoms with Crippen LogP contribution in [-0.4, -0.2) is 51.6 Å². The summed E-state index contributed by atoms with van der Waals surface area (Å²) in [4.78, 5) is 36.8. The maximum Gasteiger partial charge on any atom is 0.305 e. The van der Waals surface area contributed by atoms with Gasteiger partial charge in [0.25, 0.3) is 5.91 Å². The average molecular weight is 549 g/mol. The van der Waals surface area contributed by atoms with Crippen molar-refractivity contribution < 1.29 is 37.4 Å². The molecule has 0 saturated carbocycles. The van der Waals surface area contributed by atoms with E-state index in [1.807, 2.05) is 6.92 Å². The number of rotatable bonds is 10. The number of carbonyl (C=O) groups excluding carboxylic acids is 2. The fraction of sp³-hybridized carbons (Fsp3) is 0.240. The minimum atomic E-state index is -4.49. The van der Waals surface area contributed by atoms with Crippen molar-refractivity contribution in [1.29, 1.82) is 0 Å². The summed E-state index contributed by atoms with van der Waals surface area (Å²) in [6, 6.07) is 10.5. The normalized spacial score (nSPS) is 12.1. The maximum absolute atomic E-state index is 13.4. The Kier molecular flexibility index (Phi) is 8.74. The zero-order valence-corrected chi connectivity index (χ0v) is 21.8. The van der Waals surface area contributed by atoms with Gasteiger partial charge in [-0.25, -0.2) is 8.42 Å². The molecule has 12 heteroatoms. The molecule has 3 N–H and O–H groups in total. The molecule has 0 aliphatic rings. The van der Waals surface area contributed by atoms with E-state index in [9.17, 15) is 27.9 Å². The molecular formula is C25H25ClN2O8S. The molecule has 0 aliphatic carbocycles. The van der Waals surface area contributed by atoms with Crippen LogP contribution in [0, 0.1) is 0 Å². The first-order valence-electron chi connectivity index (χ1n) is 11.0. The molecule has 0 heterocycles. The molecule has 1 atom stereocenters. The molecule has 10 nitrogen and oxygen atoms in total. The lowest BCUT2D eigenvalue weighted by Crippen LogP contribution is -2.49. The SMILES string of the molecule is CCc1ccccc1C(=O)NC(=O)[C@H](CC(=O)O)NS(=O)(=O)c1cccc2c(Cl)c(OC)c(OC)cc12. The molecule has 196 valence electrons. The largest absolute Gasteiger partial charge is 0.493 e. The number of methoxy groups -OCH3 is 2. The van der Waals surface area contributed by atoms with Crippen molar-refractivity contribution in [1.82, 2.24) is 10.0 Å². The van der Waals surface area contributed by atoms with Crippen LogP contribution in [0.5, 0.6) is 11.5 Å². The van der Waals surface area contributed by atoms with Gasteiger partial charge in [0.1, 0.15) is 6.04 Å². The third-order valence-electron chi connectivity index (χ3n) is 5.59. The van der Waals surface area contributed by atoms with Crippen molar-refractivity contribution in [3.63, 3.8) is 0 Å². The number of carboxylic acids is 1. The van der Waals surface area contributed by atoms with Gasteiger partial charge in [0.15, 0.2) is 11.5 Å². The number of carbonyl (C=O) groups is 3. The summed E-state index contributed by atoms with van der Waals surface area (Å²) < 4.78 is 39.4. The van der Waals surface area contributed by atoms with Gasteiger partial charge in [-0.15, -0.1) is 0 Å². The van der Waals surface area contributed by atoms with E-state index in [1.54, 1.807) is 24.3 Å². The molecule has 3 rings (SSSR count). The summed E-state index contributed by atoms with van der Waals surface area (Å²) in [6.07, 6.45) is -0.392. The minimum absolute atomic E-state index is 0.105. The smallest absolute Gasteiger partial charge is 0.305 e. The maximum atomic E-state index is 13.4. The van der Waals surface area contributed by atoms with Crippen LogP contribution in [0.3, 0.4) is 0 Å². The number of hydrogen-bond acceptors (Lipinski definition) is 7. The molecule has 0 bridgehead atoms. The molecule has 0 unspecified atom stereocenters. The highest BCUT2D eigenvalue weighted by molar-refractivity contribution is 7.89. The Balaban J connectivity index is 1.99. The highest BCUT2D eigenvalue weighted by Gasteiger charge is 2.31. The van der Waals surface area contributed by atoms with Crippen LogP contribution in [0.4, 0.5) is 0 Å². The van der Waals surface area contributed by atoms with E-state index in [1.165, 1.54) is 38.5 Å². The molecule has 0 fully saturated rings. The Bertz CT molecular complexity index is 1470. The lowest BCUT2D eigenvalue weighted by molar-refractivity contribution is -0.139. The van der Waals surface area contributed by atoms with Crippen LogP contribution in [0.1, 0.15) is 29.3 Å². The molecule has 0 radical (unpaired) electrons. The zero-order valence-electron chi connectivity index (χ0n) is 20.2. The number of sulfonamides is 1. The van der Waals surface area contributed by atoms with E-state index >= 15 is 0 Å². The quantitative estimate of drug-likeness (QED) is 0.350. The molecule has 2 amide bonds. The van der Waals surface area contributed by atoms with Crippen molar-refractivity contribution >= 4 is 50.2 Å². The molecule has 3 aromatic carbocycles. The Morgan fingerprint density at radius 1 is 1.03 bits per heavy atom. The Labute approximate surface area is 218 Å². The first kappa shape index (κ1) is 27.9. The third-order valence-corrected chi connectivity index (χ3v) is 7.49. The van der Waals surface area contributed by atoms with Gasteiger partial charge in [0.05, 0.1) is 30.6 Å². The molecule has 0 saturated heterocycles. The van der Waals surface area contributed by atoms with Crippen molar-refractivity contribution in [2.45, 2.75) is 30.7 Å². The third kappa shape index (κ3) is 6.01. The second-order valence-electron chi connectivity index (χ2n) is 7.88. The van der Waals surface area contributed by atoms with Gasteiger partial charge in [-0.3, -0.25) is 19.7 Å². The molecular weight excluding hydrogens is 524 g/mol. The topological polar surface area (TPSA) is 148 Å². The van der Waals surface area contributed by atoms with Gasteiger partial charge >= 0.3 is 5.97 Å². The van der Waals surface area contributed by atoms with E-state index in [4.69, 9.17) is 21.1 Å². The zero-order chi connectivity index (χ0) is 27.3. The Morgan fingerprint density at radius 2 is 1.73 bits per heavy atom. The highest BCUT2D eigenvalue weighted by Crippen LogP contribution is 2.42. The standard InChI is InChI=1S/C25H25ClN2O8S/c1-4-14-8-5-6-9-15(14)24(31)27-25(32)18(13-21(29)30)28-37(33,34)20-11-7-10-16-17(20)12-19(35-2)23(36-3)22(16)26/h5-12,18,28H,4,13H2,1-3H3,(H,29,30)(H,27,31,32)/t18-/m0/s1. The number of benzene rings is 3. The average Bonchev–Trinajstić information content (AvgIpc) is 2.87. The summed E-state index contributed by atoms with van der Waals surface area (Å²) in [5, 5.41) is 12.0. The molecule has 37 heavy (non-hydrogen) atoms. The van der Waals surface area contributed by atoms with Gasteiger partial charge in [-0.05, 0) is 30.2 Å². The molecule has 0 aromatic heterocycles. The summed E-state index contributed by atoms with van der Waals surface area (Å²) in [5.74, 6) is -2.96. The number of amides is 2. The second-order valence-corrected chi connectivity index (χ2v) is 9.94. The predicted molar refractivity (Wildman–Crippen MR) is 137 cm³/mol. The van der Waals surface area contributed by atoms with Crippen molar-refractivity contribution in [2.75, 3.05) is 14.2 Å². The van der Waals surface area contributed by atoms with Crippen molar-refractivity contribution in [3.8, 4) is 11.5 Å². The number of aryl methyl sites for hydroxylation is 1. The number of fused-ring (bicyclic) bond motifs is 1. The van der Waals surface area contributed by atoms with Crippen LogP contribution < -0.4 is 19.5 Å².